The molecule has 14 heavy (non-hydrogen) atoms. The molecule has 0 aromatic rings. The van der Waals surface area contributed by atoms with E-state index in [0.29, 0.717) is 13.0 Å². The van der Waals surface area contributed by atoms with Crippen LogP contribution in [0.3, 0.4) is 0 Å². The molecule has 2 amide bonds. The molecule has 1 rings (SSSR count). The lowest BCUT2D eigenvalue weighted by Gasteiger charge is -2.26. The van der Waals surface area contributed by atoms with E-state index in [1.165, 1.54) is 6.08 Å². The summed E-state index contributed by atoms with van der Waals surface area (Å²) in [4.78, 5) is 21.9. The largest absolute Gasteiger partial charge is 0.525 e. The Morgan fingerprint density at radius 2 is 2.07 bits per heavy atom. The molecule has 1 aliphatic rings. The summed E-state index contributed by atoms with van der Waals surface area (Å²) in [5.41, 5.74) is 0. The maximum Gasteiger partial charge on any atom is 0.525 e. The van der Waals surface area contributed by atoms with Gasteiger partial charge in [0.05, 0.1) is 6.54 Å². The Morgan fingerprint density at radius 1 is 1.50 bits per heavy atom. The number of quaternary nitrogens is 1. The van der Waals surface area contributed by atoms with Crippen molar-refractivity contribution in [2.24, 2.45) is 0 Å². The Bertz CT molecular complexity index is 263. The molecule has 1 unspecified atom stereocenters. The van der Waals surface area contributed by atoms with Gasteiger partial charge in [0.2, 0.25) is 0 Å². The molecule has 1 aliphatic heterocycles. The second-order valence-corrected chi connectivity index (χ2v) is 3.15. The second kappa shape index (κ2) is 3.77. The van der Waals surface area contributed by atoms with Gasteiger partial charge in [-0.05, 0) is 0 Å². The van der Waals surface area contributed by atoms with Crippen molar-refractivity contribution in [3.8, 4) is 0 Å². The normalized spacial score (nSPS) is 24.4. The predicted molar refractivity (Wildman–Crippen MR) is 47.8 cm³/mol. The van der Waals surface area contributed by atoms with Gasteiger partial charge in [-0.25, -0.2) is 0 Å². The summed E-state index contributed by atoms with van der Waals surface area (Å²) in [5.74, 6) is 0. The van der Waals surface area contributed by atoms with E-state index in [2.05, 4.69) is 11.9 Å². The topological polar surface area (TPSA) is 86.6 Å². The zero-order chi connectivity index (χ0) is 10.8. The van der Waals surface area contributed by atoms with Crippen molar-refractivity contribution in [2.45, 2.75) is 12.6 Å². The van der Waals surface area contributed by atoms with E-state index in [1.54, 1.807) is 0 Å². The summed E-state index contributed by atoms with van der Waals surface area (Å²) in [6, 6.07) is 0. The van der Waals surface area contributed by atoms with Crippen LogP contribution in [0.25, 0.3) is 0 Å². The third kappa shape index (κ3) is 1.38. The van der Waals surface area contributed by atoms with Crippen LogP contribution in [0, 0.1) is 0 Å². The number of amides is 2. The fourth-order valence-corrected chi connectivity index (χ4v) is 1.68. The first-order chi connectivity index (χ1) is 6.55. The molecule has 0 aliphatic carbocycles. The maximum absolute atomic E-state index is 11.0. The summed E-state index contributed by atoms with van der Waals surface area (Å²) in [6.45, 7) is 3.92. The van der Waals surface area contributed by atoms with E-state index >= 15 is 0 Å². The first-order valence-electron chi connectivity index (χ1n) is 4.24. The SMILES string of the molecule is C=CCC1NCC[N+]1(C(=O)O)C(=O)O. The van der Waals surface area contributed by atoms with Crippen LogP contribution in [-0.4, -0.2) is 46.1 Å². The highest BCUT2D eigenvalue weighted by atomic mass is 16.4. The van der Waals surface area contributed by atoms with Crippen LogP contribution >= 0.6 is 0 Å². The molecule has 78 valence electrons. The first kappa shape index (κ1) is 10.7. The highest BCUT2D eigenvalue weighted by Gasteiger charge is 2.55. The standard InChI is InChI=1S/C8H12N2O4/c1-2-3-6-9-4-5-10(6,7(11)12)8(13)14/h2,6,9H,1,3-5H2,(H-,11,12,13,14)/p+1. The van der Waals surface area contributed by atoms with Gasteiger partial charge in [-0.15, -0.1) is 11.1 Å². The van der Waals surface area contributed by atoms with Crippen LogP contribution in [0.15, 0.2) is 12.7 Å². The first-order valence-corrected chi connectivity index (χ1v) is 4.24. The predicted octanol–water partition coefficient (Wildman–Crippen LogP) is 0.665. The van der Waals surface area contributed by atoms with E-state index in [4.69, 9.17) is 10.2 Å². The molecule has 1 atom stereocenters. The van der Waals surface area contributed by atoms with Gasteiger partial charge < -0.3 is 10.2 Å². The minimum absolute atomic E-state index is 0.0587. The Balaban J connectivity index is 3.01. The Labute approximate surface area is 81.0 Å². The van der Waals surface area contributed by atoms with Gasteiger partial charge in [0.15, 0.2) is 6.17 Å². The molecule has 1 heterocycles. The fourth-order valence-electron chi connectivity index (χ4n) is 1.68. The van der Waals surface area contributed by atoms with Crippen molar-refractivity contribution in [3.63, 3.8) is 0 Å². The number of rotatable bonds is 2. The van der Waals surface area contributed by atoms with E-state index in [9.17, 15) is 9.59 Å². The summed E-state index contributed by atoms with van der Waals surface area (Å²) < 4.78 is -0.966. The molecule has 1 fully saturated rings. The van der Waals surface area contributed by atoms with Crippen LogP contribution in [-0.2, 0) is 0 Å². The average Bonchev–Trinajstić information content (AvgIpc) is 2.49. The molecule has 3 N–H and O–H groups in total. The number of imide groups is 1. The molecule has 0 bridgehead atoms. The summed E-state index contributed by atoms with van der Waals surface area (Å²) in [7, 11) is 0. The van der Waals surface area contributed by atoms with E-state index in [-0.39, 0.29) is 6.54 Å². The summed E-state index contributed by atoms with van der Waals surface area (Å²) in [6.07, 6.45) is -1.47. The molecule has 0 radical (unpaired) electrons. The van der Waals surface area contributed by atoms with Crippen LogP contribution in [0.2, 0.25) is 0 Å². The van der Waals surface area contributed by atoms with Crippen LogP contribution in [0.4, 0.5) is 9.59 Å². The van der Waals surface area contributed by atoms with Gasteiger partial charge in [-0.3, -0.25) is 5.32 Å². The molecule has 0 aromatic heterocycles. The highest BCUT2D eigenvalue weighted by molar-refractivity contribution is 5.74. The smallest absolute Gasteiger partial charge is 0.435 e. The van der Waals surface area contributed by atoms with Gasteiger partial charge in [0.25, 0.3) is 0 Å². The quantitative estimate of drug-likeness (QED) is 0.451. The zero-order valence-electron chi connectivity index (χ0n) is 7.64. The molecule has 6 heteroatoms. The minimum atomic E-state index is -1.34. The summed E-state index contributed by atoms with van der Waals surface area (Å²) in [5, 5.41) is 20.7. The van der Waals surface area contributed by atoms with Gasteiger partial charge >= 0.3 is 12.2 Å². The van der Waals surface area contributed by atoms with Gasteiger partial charge in [-0.1, -0.05) is 6.08 Å². The van der Waals surface area contributed by atoms with Crippen molar-refractivity contribution in [1.29, 1.82) is 0 Å². The number of hydrogen-bond acceptors (Lipinski definition) is 3. The number of nitrogens with one attached hydrogen (secondary N) is 1. The van der Waals surface area contributed by atoms with Crippen molar-refractivity contribution >= 4 is 12.2 Å². The lowest BCUT2D eigenvalue weighted by Crippen LogP contribution is -2.60. The van der Waals surface area contributed by atoms with Crippen molar-refractivity contribution in [2.75, 3.05) is 13.1 Å². The van der Waals surface area contributed by atoms with Gasteiger partial charge in [0.1, 0.15) is 6.54 Å². The molecular formula is C8H13N2O4+. The van der Waals surface area contributed by atoms with Crippen LogP contribution < -0.4 is 5.32 Å². The van der Waals surface area contributed by atoms with Crippen LogP contribution in [0.1, 0.15) is 6.42 Å². The zero-order valence-corrected chi connectivity index (χ0v) is 7.64. The maximum atomic E-state index is 11.0. The Morgan fingerprint density at radius 3 is 2.50 bits per heavy atom. The van der Waals surface area contributed by atoms with E-state index in [1.807, 2.05) is 0 Å². The average molecular weight is 201 g/mol. The molecule has 6 nitrogen and oxygen atoms in total. The third-order valence-electron chi connectivity index (χ3n) is 2.45. The summed E-state index contributed by atoms with van der Waals surface area (Å²) >= 11 is 0. The van der Waals surface area contributed by atoms with Crippen molar-refractivity contribution < 1.29 is 24.3 Å². The third-order valence-corrected chi connectivity index (χ3v) is 2.45. The van der Waals surface area contributed by atoms with Crippen molar-refractivity contribution in [1.82, 2.24) is 5.32 Å². The van der Waals surface area contributed by atoms with E-state index < -0.39 is 22.8 Å². The molecule has 1 saturated heterocycles. The Hall–Kier alpha value is -1.40. The second-order valence-electron chi connectivity index (χ2n) is 3.15. The number of hydrogen-bond donors (Lipinski definition) is 3. The molecule has 0 aromatic carbocycles. The lowest BCUT2D eigenvalue weighted by molar-refractivity contribution is -0.798. The number of carboxylic acid groups (broad SMARTS) is 2. The monoisotopic (exact) mass is 201 g/mol. The van der Waals surface area contributed by atoms with Gasteiger partial charge in [-0.2, -0.15) is 9.59 Å². The number of carbonyl (C=O) groups is 2. The van der Waals surface area contributed by atoms with Crippen LogP contribution in [0.5, 0.6) is 0 Å². The Kier molecular flexibility index (Phi) is 2.87. The molecular weight excluding hydrogens is 188 g/mol. The molecule has 0 spiro atoms. The lowest BCUT2D eigenvalue weighted by atomic mass is 10.3. The number of nitrogens with zero attached hydrogens (tertiary/aromatic N) is 1. The fraction of sp³-hybridized carbons (Fsp3) is 0.500. The van der Waals surface area contributed by atoms with Crippen molar-refractivity contribution in [3.05, 3.63) is 12.7 Å². The van der Waals surface area contributed by atoms with E-state index in [0.717, 1.165) is 0 Å². The van der Waals surface area contributed by atoms with Gasteiger partial charge in [0, 0.05) is 6.42 Å². The highest BCUT2D eigenvalue weighted by Crippen LogP contribution is 2.21. The minimum Gasteiger partial charge on any atom is -0.435 e. The molecule has 0 saturated carbocycles.